The van der Waals surface area contributed by atoms with E-state index < -0.39 is 0 Å². The third kappa shape index (κ3) is 5.11. The van der Waals surface area contributed by atoms with Gasteiger partial charge in [0, 0.05) is 28.1 Å². The fraction of sp³-hybridized carbons (Fsp3) is 0.190. The average Bonchev–Trinajstić information content (AvgIpc) is 3.32. The van der Waals surface area contributed by atoms with Crippen molar-refractivity contribution in [2.45, 2.75) is 24.6 Å². The summed E-state index contributed by atoms with van der Waals surface area (Å²) in [6.07, 6.45) is 0. The molecule has 1 aromatic heterocycles. The Balaban J connectivity index is 1.49. The molecule has 4 rings (SSSR count). The van der Waals surface area contributed by atoms with Crippen molar-refractivity contribution in [3.05, 3.63) is 80.2 Å². The first-order valence-electron chi connectivity index (χ1n) is 9.34. The van der Waals surface area contributed by atoms with Gasteiger partial charge in [-0.25, -0.2) is 9.07 Å². The van der Waals surface area contributed by atoms with E-state index in [1.54, 1.807) is 42.1 Å². The Morgan fingerprint density at radius 3 is 2.74 bits per heavy atom. The van der Waals surface area contributed by atoms with Gasteiger partial charge in [-0.1, -0.05) is 39.7 Å². The molecule has 2 amide bonds. The fourth-order valence-corrected chi connectivity index (χ4v) is 4.76. The minimum atomic E-state index is -0.376. The number of halogens is 3. The van der Waals surface area contributed by atoms with Crippen LogP contribution in [-0.2, 0) is 29.4 Å². The van der Waals surface area contributed by atoms with Gasteiger partial charge in [0.1, 0.15) is 18.2 Å². The van der Waals surface area contributed by atoms with Gasteiger partial charge in [-0.15, -0.1) is 0 Å². The molecule has 0 aliphatic carbocycles. The predicted molar refractivity (Wildman–Crippen MR) is 123 cm³/mol. The summed E-state index contributed by atoms with van der Waals surface area (Å²) in [4.78, 5) is 25.4. The summed E-state index contributed by atoms with van der Waals surface area (Å²) >= 11 is 11.2. The SMILES string of the molecule is O=C(Cn1nc2c(c1NC(=O)c1cc(Br)ccc1Cl)CSC2)NCc1ccc(F)cc1. The van der Waals surface area contributed by atoms with Crippen LogP contribution in [0.5, 0.6) is 0 Å². The molecule has 2 aromatic carbocycles. The van der Waals surface area contributed by atoms with Crippen LogP contribution in [-0.4, -0.2) is 21.6 Å². The Morgan fingerprint density at radius 2 is 1.97 bits per heavy atom. The summed E-state index contributed by atoms with van der Waals surface area (Å²) in [5.41, 5.74) is 2.87. The van der Waals surface area contributed by atoms with Gasteiger partial charge in [-0.3, -0.25) is 9.59 Å². The molecule has 31 heavy (non-hydrogen) atoms. The lowest BCUT2D eigenvalue weighted by atomic mass is 10.2. The second-order valence-corrected chi connectivity index (χ2v) is 9.21. The van der Waals surface area contributed by atoms with Crippen molar-refractivity contribution in [1.29, 1.82) is 0 Å². The average molecular weight is 524 g/mol. The zero-order chi connectivity index (χ0) is 22.0. The molecule has 0 unspecified atom stereocenters. The smallest absolute Gasteiger partial charge is 0.258 e. The number of fused-ring (bicyclic) bond motifs is 1. The van der Waals surface area contributed by atoms with E-state index in [1.165, 1.54) is 16.8 Å². The van der Waals surface area contributed by atoms with Gasteiger partial charge in [-0.2, -0.15) is 16.9 Å². The number of amides is 2. The van der Waals surface area contributed by atoms with Gasteiger partial charge >= 0.3 is 0 Å². The number of nitrogens with zero attached hydrogens (tertiary/aromatic N) is 2. The standard InChI is InChI=1S/C21H17BrClFN4O2S/c22-13-3-6-17(23)15(7-13)21(30)26-20-16-10-31-11-18(16)27-28(20)9-19(29)25-8-12-1-4-14(24)5-2-12/h1-7H,8-11H2,(H,25,29)(H,26,30). The second-order valence-electron chi connectivity index (χ2n) is 6.91. The zero-order valence-corrected chi connectivity index (χ0v) is 19.3. The minimum absolute atomic E-state index is 0.0549. The van der Waals surface area contributed by atoms with Crippen LogP contribution in [0.15, 0.2) is 46.9 Å². The van der Waals surface area contributed by atoms with Crippen LogP contribution in [0.3, 0.4) is 0 Å². The van der Waals surface area contributed by atoms with E-state index in [0.717, 1.165) is 27.0 Å². The van der Waals surface area contributed by atoms with Gasteiger partial charge < -0.3 is 10.6 Å². The van der Waals surface area contributed by atoms with E-state index >= 15 is 0 Å². The van der Waals surface area contributed by atoms with Crippen molar-refractivity contribution < 1.29 is 14.0 Å². The number of carbonyl (C=O) groups excluding carboxylic acids is 2. The lowest BCUT2D eigenvalue weighted by Gasteiger charge is -2.12. The highest BCUT2D eigenvalue weighted by atomic mass is 79.9. The molecule has 0 spiro atoms. The van der Waals surface area contributed by atoms with E-state index in [0.29, 0.717) is 22.2 Å². The van der Waals surface area contributed by atoms with Crippen LogP contribution in [0.25, 0.3) is 0 Å². The number of anilines is 1. The molecule has 1 aliphatic heterocycles. The zero-order valence-electron chi connectivity index (χ0n) is 16.1. The first-order valence-corrected chi connectivity index (χ1v) is 11.7. The molecule has 6 nitrogen and oxygen atoms in total. The quantitative estimate of drug-likeness (QED) is 0.489. The number of carbonyl (C=O) groups is 2. The van der Waals surface area contributed by atoms with Crippen molar-refractivity contribution in [2.24, 2.45) is 0 Å². The van der Waals surface area contributed by atoms with Crippen LogP contribution in [0.1, 0.15) is 27.2 Å². The molecule has 0 atom stereocenters. The van der Waals surface area contributed by atoms with Crippen LogP contribution < -0.4 is 10.6 Å². The molecule has 3 aromatic rings. The molecule has 2 N–H and O–H groups in total. The van der Waals surface area contributed by atoms with Crippen molar-refractivity contribution >= 4 is 56.9 Å². The summed E-state index contributed by atoms with van der Waals surface area (Å²) < 4.78 is 15.3. The van der Waals surface area contributed by atoms with Gasteiger partial charge in [0.15, 0.2) is 0 Å². The molecule has 0 saturated heterocycles. The number of hydrogen-bond acceptors (Lipinski definition) is 4. The van der Waals surface area contributed by atoms with Crippen molar-refractivity contribution in [3.63, 3.8) is 0 Å². The molecular weight excluding hydrogens is 507 g/mol. The van der Waals surface area contributed by atoms with Crippen LogP contribution >= 0.6 is 39.3 Å². The maximum atomic E-state index is 13.0. The maximum absolute atomic E-state index is 13.0. The summed E-state index contributed by atoms with van der Waals surface area (Å²) in [5, 5.41) is 10.5. The molecule has 10 heteroatoms. The first kappa shape index (κ1) is 21.9. The van der Waals surface area contributed by atoms with E-state index in [2.05, 4.69) is 31.7 Å². The third-order valence-corrected chi connectivity index (χ3v) is 6.51. The molecule has 0 radical (unpaired) electrons. The van der Waals surface area contributed by atoms with E-state index in [-0.39, 0.29) is 30.7 Å². The number of nitrogens with one attached hydrogen (secondary N) is 2. The highest BCUT2D eigenvalue weighted by molar-refractivity contribution is 9.10. The highest BCUT2D eigenvalue weighted by Crippen LogP contribution is 2.35. The van der Waals surface area contributed by atoms with Crippen LogP contribution in [0.4, 0.5) is 10.2 Å². The van der Waals surface area contributed by atoms with E-state index in [9.17, 15) is 14.0 Å². The molecule has 0 fully saturated rings. The highest BCUT2D eigenvalue weighted by Gasteiger charge is 2.25. The van der Waals surface area contributed by atoms with Crippen LogP contribution in [0, 0.1) is 5.82 Å². The Labute approximate surface area is 195 Å². The topological polar surface area (TPSA) is 76.0 Å². The number of hydrogen-bond donors (Lipinski definition) is 2. The lowest BCUT2D eigenvalue weighted by Crippen LogP contribution is -2.29. The molecular formula is C21H17BrClFN4O2S. The number of aromatic nitrogens is 2. The second kappa shape index (κ2) is 9.42. The minimum Gasteiger partial charge on any atom is -0.350 e. The van der Waals surface area contributed by atoms with Crippen molar-refractivity contribution in [1.82, 2.24) is 15.1 Å². The van der Waals surface area contributed by atoms with Crippen molar-refractivity contribution in [2.75, 3.05) is 5.32 Å². The molecule has 2 heterocycles. The summed E-state index contributed by atoms with van der Waals surface area (Å²) in [6.45, 7) is 0.214. The fourth-order valence-electron chi connectivity index (χ4n) is 3.16. The van der Waals surface area contributed by atoms with E-state index in [1.807, 2.05) is 0 Å². The Hall–Kier alpha value is -2.36. The third-order valence-electron chi connectivity index (χ3n) is 4.72. The number of thioether (sulfide) groups is 1. The predicted octanol–water partition coefficient (Wildman–Crippen LogP) is 4.75. The van der Waals surface area contributed by atoms with Gasteiger partial charge in [-0.05, 0) is 35.9 Å². The number of benzene rings is 2. The Kier molecular flexibility index (Phi) is 6.64. The maximum Gasteiger partial charge on any atom is 0.258 e. The Morgan fingerprint density at radius 1 is 1.19 bits per heavy atom. The molecule has 160 valence electrons. The van der Waals surface area contributed by atoms with Crippen molar-refractivity contribution in [3.8, 4) is 0 Å². The van der Waals surface area contributed by atoms with Crippen LogP contribution in [0.2, 0.25) is 5.02 Å². The summed E-state index contributed by atoms with van der Waals surface area (Å²) in [6, 6.07) is 11.0. The van der Waals surface area contributed by atoms with Gasteiger partial charge in [0.2, 0.25) is 5.91 Å². The van der Waals surface area contributed by atoms with E-state index in [4.69, 9.17) is 11.6 Å². The Bertz CT molecular complexity index is 1150. The molecule has 1 aliphatic rings. The lowest BCUT2D eigenvalue weighted by molar-refractivity contribution is -0.122. The summed E-state index contributed by atoms with van der Waals surface area (Å²) in [7, 11) is 0. The molecule has 0 saturated carbocycles. The monoisotopic (exact) mass is 522 g/mol. The van der Waals surface area contributed by atoms with Gasteiger partial charge in [0.05, 0.1) is 16.3 Å². The van der Waals surface area contributed by atoms with Gasteiger partial charge in [0.25, 0.3) is 5.91 Å². The first-order chi connectivity index (χ1) is 14.9. The summed E-state index contributed by atoms with van der Waals surface area (Å²) in [5.74, 6) is 0.949. The largest absolute Gasteiger partial charge is 0.350 e. The normalized spacial score (nSPS) is 12.5. The molecule has 0 bridgehead atoms. The number of rotatable bonds is 6.